The largest absolute Gasteiger partial charge is 0.343 e. The van der Waals surface area contributed by atoms with Gasteiger partial charge in [0.15, 0.2) is 0 Å². The van der Waals surface area contributed by atoms with Crippen LogP contribution in [-0.4, -0.2) is 29.3 Å². The van der Waals surface area contributed by atoms with Gasteiger partial charge >= 0.3 is 0 Å². The summed E-state index contributed by atoms with van der Waals surface area (Å²) in [7, 11) is 0. The van der Waals surface area contributed by atoms with Crippen molar-refractivity contribution in [2.75, 3.05) is 11.9 Å². The maximum atomic E-state index is 11.7. The third-order valence-corrected chi connectivity index (χ3v) is 2.30. The van der Waals surface area contributed by atoms with Gasteiger partial charge in [-0.05, 0) is 19.1 Å². The molecule has 0 fully saturated rings. The van der Waals surface area contributed by atoms with Crippen molar-refractivity contribution in [2.24, 2.45) is 5.73 Å². The van der Waals surface area contributed by atoms with Gasteiger partial charge in [-0.15, -0.1) is 0 Å². The first-order valence-electron chi connectivity index (χ1n) is 5.48. The van der Waals surface area contributed by atoms with Crippen LogP contribution in [0, 0.1) is 10.1 Å². The van der Waals surface area contributed by atoms with E-state index in [1.165, 1.54) is 31.2 Å². The summed E-state index contributed by atoms with van der Waals surface area (Å²) < 4.78 is 0. The van der Waals surface area contributed by atoms with Gasteiger partial charge in [0, 0.05) is 17.8 Å². The Labute approximate surface area is 109 Å². The van der Waals surface area contributed by atoms with Crippen molar-refractivity contribution in [3.8, 4) is 0 Å². The van der Waals surface area contributed by atoms with E-state index in [4.69, 9.17) is 5.73 Å². The van der Waals surface area contributed by atoms with Gasteiger partial charge in [-0.1, -0.05) is 0 Å². The summed E-state index contributed by atoms with van der Waals surface area (Å²) in [5, 5.41) is 15.4. The molecule has 102 valence electrons. The molecule has 8 heteroatoms. The zero-order valence-electron chi connectivity index (χ0n) is 10.3. The Bertz CT molecular complexity index is 486. The molecule has 1 atom stereocenters. The van der Waals surface area contributed by atoms with Crippen LogP contribution in [0.3, 0.4) is 0 Å². The molecule has 0 radical (unpaired) electrons. The van der Waals surface area contributed by atoms with Crippen LogP contribution in [0.2, 0.25) is 0 Å². The highest BCUT2D eigenvalue weighted by Gasteiger charge is 2.15. The fourth-order valence-electron chi connectivity index (χ4n) is 1.28. The van der Waals surface area contributed by atoms with Crippen molar-refractivity contribution >= 4 is 23.2 Å². The molecule has 19 heavy (non-hydrogen) atoms. The number of carbonyl (C=O) groups excluding carboxylic acids is 2. The first kappa shape index (κ1) is 14.6. The van der Waals surface area contributed by atoms with Crippen LogP contribution in [0.25, 0.3) is 0 Å². The Morgan fingerprint density at radius 2 is 1.95 bits per heavy atom. The maximum Gasteiger partial charge on any atom is 0.269 e. The number of nitrogens with zero attached hydrogens (tertiary/aromatic N) is 1. The number of benzene rings is 1. The maximum absolute atomic E-state index is 11.7. The number of rotatable bonds is 5. The van der Waals surface area contributed by atoms with Gasteiger partial charge in [-0.25, -0.2) is 0 Å². The zero-order valence-corrected chi connectivity index (χ0v) is 10.3. The van der Waals surface area contributed by atoms with Crippen LogP contribution >= 0.6 is 0 Å². The second-order valence-electron chi connectivity index (χ2n) is 3.79. The summed E-state index contributed by atoms with van der Waals surface area (Å²) >= 11 is 0. The summed E-state index contributed by atoms with van der Waals surface area (Å²) in [6.45, 7) is 1.31. The van der Waals surface area contributed by atoms with Gasteiger partial charge in [0.05, 0.1) is 11.5 Å². The van der Waals surface area contributed by atoms with E-state index in [1.807, 2.05) is 0 Å². The van der Waals surface area contributed by atoms with Crippen LogP contribution < -0.4 is 16.4 Å². The molecule has 4 N–H and O–H groups in total. The molecule has 0 aliphatic rings. The molecule has 0 saturated heterocycles. The molecule has 8 nitrogen and oxygen atoms in total. The lowest BCUT2D eigenvalue weighted by molar-refractivity contribution is -0.384. The van der Waals surface area contributed by atoms with Crippen molar-refractivity contribution in [3.05, 3.63) is 34.4 Å². The molecule has 0 unspecified atom stereocenters. The van der Waals surface area contributed by atoms with E-state index in [2.05, 4.69) is 10.6 Å². The number of anilines is 1. The normalized spacial score (nSPS) is 11.5. The molecular weight excluding hydrogens is 252 g/mol. The quantitative estimate of drug-likeness (QED) is 0.510. The smallest absolute Gasteiger partial charge is 0.269 e. The number of nitrogens with one attached hydrogen (secondary N) is 2. The lowest BCUT2D eigenvalue weighted by atomic mass is 10.2. The Kier molecular flexibility index (Phi) is 4.95. The summed E-state index contributed by atoms with van der Waals surface area (Å²) in [5.74, 6) is -0.873. The number of nitro benzene ring substituents is 1. The fraction of sp³-hybridized carbons (Fsp3) is 0.273. The van der Waals surface area contributed by atoms with E-state index in [1.54, 1.807) is 0 Å². The standard InChI is InChI=1S/C11H14N4O4/c1-7(13-10(16)6-12)11(17)14-8-2-4-9(5-3-8)15(18)19/h2-5,7H,6,12H2,1H3,(H,13,16)(H,14,17)/t7-/m0/s1. The number of carbonyl (C=O) groups is 2. The molecule has 1 aromatic carbocycles. The van der Waals surface area contributed by atoms with Crippen molar-refractivity contribution in [2.45, 2.75) is 13.0 Å². The summed E-state index contributed by atoms with van der Waals surface area (Å²) in [5.41, 5.74) is 5.45. The topological polar surface area (TPSA) is 127 Å². The zero-order chi connectivity index (χ0) is 14.4. The lowest BCUT2D eigenvalue weighted by Gasteiger charge is -2.13. The van der Waals surface area contributed by atoms with E-state index < -0.39 is 22.8 Å². The van der Waals surface area contributed by atoms with E-state index in [9.17, 15) is 19.7 Å². The highest BCUT2D eigenvalue weighted by atomic mass is 16.6. The van der Waals surface area contributed by atoms with E-state index in [0.717, 1.165) is 0 Å². The minimum atomic E-state index is -0.744. The number of nitrogens with two attached hydrogens (primary N) is 1. The molecule has 0 bridgehead atoms. The fourth-order valence-corrected chi connectivity index (χ4v) is 1.28. The molecular formula is C11H14N4O4. The summed E-state index contributed by atoms with van der Waals surface area (Å²) in [6, 6.07) is 4.63. The minimum Gasteiger partial charge on any atom is -0.343 e. The van der Waals surface area contributed by atoms with E-state index in [0.29, 0.717) is 5.69 Å². The predicted molar refractivity (Wildman–Crippen MR) is 68.4 cm³/mol. The molecule has 0 spiro atoms. The van der Waals surface area contributed by atoms with Crippen LogP contribution in [-0.2, 0) is 9.59 Å². The summed E-state index contributed by atoms with van der Waals surface area (Å²) in [6.07, 6.45) is 0. The Balaban J connectivity index is 2.61. The first-order chi connectivity index (χ1) is 8.93. The van der Waals surface area contributed by atoms with Crippen molar-refractivity contribution in [1.29, 1.82) is 0 Å². The number of amides is 2. The van der Waals surface area contributed by atoms with Crippen LogP contribution in [0.1, 0.15) is 6.92 Å². The molecule has 0 aliphatic carbocycles. The number of nitro groups is 1. The van der Waals surface area contributed by atoms with Crippen LogP contribution in [0.4, 0.5) is 11.4 Å². The Morgan fingerprint density at radius 1 is 1.37 bits per heavy atom. The third kappa shape index (κ3) is 4.36. The molecule has 0 aliphatic heterocycles. The molecule has 1 aromatic rings. The second-order valence-corrected chi connectivity index (χ2v) is 3.79. The van der Waals surface area contributed by atoms with Crippen molar-refractivity contribution < 1.29 is 14.5 Å². The SMILES string of the molecule is C[C@H](NC(=O)CN)C(=O)Nc1ccc([N+](=O)[O-])cc1. The van der Waals surface area contributed by atoms with Crippen molar-refractivity contribution in [1.82, 2.24) is 5.32 Å². The highest BCUT2D eigenvalue weighted by molar-refractivity contribution is 5.97. The molecule has 2 amide bonds. The molecule has 1 rings (SSSR count). The van der Waals surface area contributed by atoms with Crippen LogP contribution in [0.15, 0.2) is 24.3 Å². The lowest BCUT2D eigenvalue weighted by Crippen LogP contribution is -2.44. The molecule has 0 heterocycles. The van der Waals surface area contributed by atoms with Crippen LogP contribution in [0.5, 0.6) is 0 Å². The number of hydrogen-bond acceptors (Lipinski definition) is 5. The molecule has 0 aromatic heterocycles. The Hall–Kier alpha value is -2.48. The van der Waals surface area contributed by atoms with E-state index in [-0.39, 0.29) is 12.2 Å². The van der Waals surface area contributed by atoms with E-state index >= 15 is 0 Å². The minimum absolute atomic E-state index is 0.0671. The van der Waals surface area contributed by atoms with Gasteiger partial charge in [-0.2, -0.15) is 0 Å². The van der Waals surface area contributed by atoms with Gasteiger partial charge in [0.2, 0.25) is 11.8 Å². The van der Waals surface area contributed by atoms with Gasteiger partial charge in [-0.3, -0.25) is 19.7 Å². The average molecular weight is 266 g/mol. The average Bonchev–Trinajstić information content (AvgIpc) is 2.38. The van der Waals surface area contributed by atoms with Gasteiger partial charge in [0.25, 0.3) is 5.69 Å². The number of hydrogen-bond donors (Lipinski definition) is 3. The monoisotopic (exact) mass is 266 g/mol. The predicted octanol–water partition coefficient (Wildman–Crippen LogP) is -0.00330. The Morgan fingerprint density at radius 3 is 2.42 bits per heavy atom. The third-order valence-electron chi connectivity index (χ3n) is 2.30. The van der Waals surface area contributed by atoms with Crippen molar-refractivity contribution in [3.63, 3.8) is 0 Å². The molecule has 0 saturated carbocycles. The van der Waals surface area contributed by atoms with Gasteiger partial charge < -0.3 is 16.4 Å². The first-order valence-corrected chi connectivity index (χ1v) is 5.48. The van der Waals surface area contributed by atoms with Gasteiger partial charge in [0.1, 0.15) is 6.04 Å². The summed E-state index contributed by atoms with van der Waals surface area (Å²) in [4.78, 5) is 32.6. The number of non-ortho nitro benzene ring substituents is 1. The second kappa shape index (κ2) is 6.45. The highest BCUT2D eigenvalue weighted by Crippen LogP contribution is 2.15.